The molecule has 118 valence electrons. The predicted molar refractivity (Wildman–Crippen MR) is 89.9 cm³/mol. The van der Waals surface area contributed by atoms with Crippen molar-refractivity contribution >= 4 is 5.97 Å². The van der Waals surface area contributed by atoms with Crippen molar-refractivity contribution in [1.29, 1.82) is 0 Å². The summed E-state index contributed by atoms with van der Waals surface area (Å²) in [6.45, 7) is 2.17. The van der Waals surface area contributed by atoms with Gasteiger partial charge in [0.15, 0.2) is 0 Å². The van der Waals surface area contributed by atoms with E-state index in [1.165, 1.54) is 32.8 Å². The first-order valence-corrected chi connectivity index (χ1v) is 8.16. The molecule has 0 aromatic heterocycles. The number of ether oxygens (including phenoxy) is 1. The fraction of sp³-hybridized carbons (Fsp3) is 0.632. The molecule has 0 aromatic carbocycles. The number of carbonyl (C=O) groups excluding carboxylic acids is 1. The molecule has 0 aliphatic carbocycles. The Morgan fingerprint density at radius 1 is 1.00 bits per heavy atom. The van der Waals surface area contributed by atoms with Crippen molar-refractivity contribution in [2.75, 3.05) is 7.11 Å². The van der Waals surface area contributed by atoms with Crippen LogP contribution >= 0.6 is 0 Å². The molecule has 0 amide bonds. The molecule has 21 heavy (non-hydrogen) atoms. The van der Waals surface area contributed by atoms with Crippen molar-refractivity contribution in [3.05, 3.63) is 24.3 Å². The van der Waals surface area contributed by atoms with Gasteiger partial charge in [-0.2, -0.15) is 0 Å². The number of allylic oxidation sites excluding steroid dienone is 4. The Labute approximate surface area is 130 Å². The highest BCUT2D eigenvalue weighted by Gasteiger charge is 1.98. The van der Waals surface area contributed by atoms with E-state index < -0.39 is 0 Å². The molecule has 0 aliphatic heterocycles. The molecule has 0 aromatic rings. The maximum Gasteiger partial charge on any atom is 0.305 e. The number of hydrogen-bond acceptors (Lipinski definition) is 2. The van der Waals surface area contributed by atoms with E-state index in [2.05, 4.69) is 41.7 Å². The maximum absolute atomic E-state index is 10.9. The van der Waals surface area contributed by atoms with Crippen LogP contribution in [-0.4, -0.2) is 13.1 Å². The molecule has 0 bridgehead atoms. The van der Waals surface area contributed by atoms with Gasteiger partial charge >= 0.3 is 5.97 Å². The fourth-order valence-corrected chi connectivity index (χ4v) is 1.85. The van der Waals surface area contributed by atoms with Crippen molar-refractivity contribution < 1.29 is 9.53 Å². The molecule has 0 rings (SSSR count). The lowest BCUT2D eigenvalue weighted by Crippen LogP contribution is -1.98. The van der Waals surface area contributed by atoms with Gasteiger partial charge in [0.1, 0.15) is 0 Å². The van der Waals surface area contributed by atoms with Crippen LogP contribution in [0.4, 0.5) is 0 Å². The van der Waals surface area contributed by atoms with Crippen LogP contribution in [0.2, 0.25) is 0 Å². The topological polar surface area (TPSA) is 26.3 Å². The average Bonchev–Trinajstić information content (AvgIpc) is 2.50. The highest BCUT2D eigenvalue weighted by Crippen LogP contribution is 2.08. The first-order valence-electron chi connectivity index (χ1n) is 8.16. The molecule has 0 aliphatic rings. The van der Waals surface area contributed by atoms with Crippen LogP contribution in [0.1, 0.15) is 71.1 Å². The summed E-state index contributed by atoms with van der Waals surface area (Å²) in [4.78, 5) is 10.9. The minimum Gasteiger partial charge on any atom is -0.469 e. The highest BCUT2D eigenvalue weighted by atomic mass is 16.5. The van der Waals surface area contributed by atoms with Gasteiger partial charge in [-0.05, 0) is 31.8 Å². The molecule has 0 fully saturated rings. The number of hydrogen-bond donors (Lipinski definition) is 0. The van der Waals surface area contributed by atoms with Gasteiger partial charge in [-0.15, -0.1) is 0 Å². The fourth-order valence-electron chi connectivity index (χ4n) is 1.85. The van der Waals surface area contributed by atoms with Crippen molar-refractivity contribution in [1.82, 2.24) is 0 Å². The zero-order valence-electron chi connectivity index (χ0n) is 13.7. The number of unbranched alkanes of at least 4 members (excludes halogenated alkanes) is 6. The van der Waals surface area contributed by atoms with Crippen LogP contribution in [-0.2, 0) is 9.53 Å². The number of carbonyl (C=O) groups is 1. The highest BCUT2D eigenvalue weighted by molar-refractivity contribution is 5.68. The lowest BCUT2D eigenvalue weighted by atomic mass is 10.1. The molecule has 0 atom stereocenters. The van der Waals surface area contributed by atoms with Crippen molar-refractivity contribution in [2.45, 2.75) is 71.1 Å². The molecule has 0 spiro atoms. The summed E-state index contributed by atoms with van der Waals surface area (Å²) in [5.41, 5.74) is 0. The second kappa shape index (κ2) is 16.6. The van der Waals surface area contributed by atoms with Crippen molar-refractivity contribution in [3.8, 4) is 11.8 Å². The summed E-state index contributed by atoms with van der Waals surface area (Å²) in [6, 6.07) is 0. The Balaban J connectivity index is 3.31. The first kappa shape index (κ1) is 19.5. The number of rotatable bonds is 11. The largest absolute Gasteiger partial charge is 0.469 e. The first-order chi connectivity index (χ1) is 10.3. The van der Waals surface area contributed by atoms with Crippen LogP contribution in [0.5, 0.6) is 0 Å². The normalized spacial score (nSPS) is 10.8. The Hall–Kier alpha value is -1.49. The minimum absolute atomic E-state index is 0.0939. The summed E-state index contributed by atoms with van der Waals surface area (Å²) in [7, 11) is 1.44. The van der Waals surface area contributed by atoms with Crippen LogP contribution < -0.4 is 0 Å². The predicted octanol–water partition coefficient (Wildman–Crippen LogP) is 5.20. The van der Waals surface area contributed by atoms with Gasteiger partial charge in [0, 0.05) is 12.8 Å². The van der Waals surface area contributed by atoms with Crippen LogP contribution in [0.15, 0.2) is 24.3 Å². The Kier molecular flexibility index (Phi) is 15.4. The van der Waals surface area contributed by atoms with Crippen LogP contribution in [0.25, 0.3) is 0 Å². The van der Waals surface area contributed by atoms with Gasteiger partial charge in [-0.3, -0.25) is 4.79 Å². The molecule has 0 saturated carbocycles. The van der Waals surface area contributed by atoms with E-state index in [1.807, 2.05) is 6.08 Å². The third-order valence-electron chi connectivity index (χ3n) is 3.12. The quantitative estimate of drug-likeness (QED) is 0.226. The molecule has 0 saturated heterocycles. The van der Waals surface area contributed by atoms with Gasteiger partial charge < -0.3 is 4.74 Å². The van der Waals surface area contributed by atoms with E-state index in [-0.39, 0.29) is 5.97 Å². The van der Waals surface area contributed by atoms with Gasteiger partial charge in [0.05, 0.1) is 7.11 Å². The van der Waals surface area contributed by atoms with Gasteiger partial charge in [-0.25, -0.2) is 0 Å². The number of methoxy groups -OCH3 is 1. The van der Waals surface area contributed by atoms with Crippen molar-refractivity contribution in [3.63, 3.8) is 0 Å². The van der Waals surface area contributed by atoms with Gasteiger partial charge in [0.25, 0.3) is 0 Å². The summed E-state index contributed by atoms with van der Waals surface area (Å²) >= 11 is 0. The second-order valence-electron chi connectivity index (χ2n) is 5.07. The minimum atomic E-state index is -0.0939. The summed E-state index contributed by atoms with van der Waals surface area (Å²) in [5.74, 6) is 6.06. The third kappa shape index (κ3) is 16.5. The Morgan fingerprint density at radius 2 is 1.76 bits per heavy atom. The number of esters is 1. The zero-order chi connectivity index (χ0) is 15.6. The zero-order valence-corrected chi connectivity index (χ0v) is 13.7. The third-order valence-corrected chi connectivity index (χ3v) is 3.12. The summed E-state index contributed by atoms with van der Waals surface area (Å²) in [6.07, 6.45) is 19.0. The lowest BCUT2D eigenvalue weighted by molar-refractivity contribution is -0.140. The molecule has 2 heteroatoms. The average molecular weight is 290 g/mol. The summed E-state index contributed by atoms with van der Waals surface area (Å²) in [5, 5.41) is 0. The monoisotopic (exact) mass is 290 g/mol. The standard InChI is InChI=1S/C19H30O2/c1-3-4-5-6-7-8-9-10-11-12-13-14-15-16-17-18-19(20)21-2/h5-6,10-11H,3-4,9,12-18H2,1-2H3/b6-5-,11-10-. The molecule has 2 nitrogen and oxygen atoms in total. The molecule has 0 radical (unpaired) electrons. The van der Waals surface area contributed by atoms with Crippen molar-refractivity contribution in [2.24, 2.45) is 0 Å². The molecule has 0 N–H and O–H groups in total. The van der Waals surface area contributed by atoms with E-state index in [4.69, 9.17) is 0 Å². The Morgan fingerprint density at radius 3 is 2.52 bits per heavy atom. The van der Waals surface area contributed by atoms with Crippen LogP contribution in [0, 0.1) is 11.8 Å². The molecule has 0 unspecified atom stereocenters. The Bertz CT molecular complexity index is 355. The smallest absolute Gasteiger partial charge is 0.305 e. The molecular formula is C19H30O2. The van der Waals surface area contributed by atoms with E-state index >= 15 is 0 Å². The van der Waals surface area contributed by atoms with Gasteiger partial charge in [-0.1, -0.05) is 62.7 Å². The SMILES string of the molecule is CCC/C=C\C#CC/C=C\CCCCCCCC(=O)OC. The van der Waals surface area contributed by atoms with E-state index in [9.17, 15) is 4.79 Å². The second-order valence-corrected chi connectivity index (χ2v) is 5.07. The summed E-state index contributed by atoms with van der Waals surface area (Å²) < 4.78 is 4.61. The van der Waals surface area contributed by atoms with E-state index in [0.717, 1.165) is 32.1 Å². The molecular weight excluding hydrogens is 260 g/mol. The lowest BCUT2D eigenvalue weighted by Gasteiger charge is -1.99. The van der Waals surface area contributed by atoms with Gasteiger partial charge in [0.2, 0.25) is 0 Å². The van der Waals surface area contributed by atoms with E-state index in [0.29, 0.717) is 6.42 Å². The van der Waals surface area contributed by atoms with Crippen LogP contribution in [0.3, 0.4) is 0 Å². The maximum atomic E-state index is 10.9. The molecule has 0 heterocycles. The van der Waals surface area contributed by atoms with E-state index in [1.54, 1.807) is 0 Å².